The lowest BCUT2D eigenvalue weighted by molar-refractivity contribution is -0.142. The van der Waals surface area contributed by atoms with Gasteiger partial charge in [0.2, 0.25) is 5.91 Å². The lowest BCUT2D eigenvalue weighted by Crippen LogP contribution is -2.35. The van der Waals surface area contributed by atoms with Crippen LogP contribution < -0.4 is 10.1 Å². The summed E-state index contributed by atoms with van der Waals surface area (Å²) in [6.45, 7) is 1.98. The van der Waals surface area contributed by atoms with Crippen molar-refractivity contribution in [2.75, 3.05) is 7.11 Å². The van der Waals surface area contributed by atoms with Gasteiger partial charge in [0.1, 0.15) is 0 Å². The van der Waals surface area contributed by atoms with E-state index in [2.05, 4.69) is 5.32 Å². The Hall–Kier alpha value is -2.89. The van der Waals surface area contributed by atoms with Crippen molar-refractivity contribution in [3.05, 3.63) is 65.0 Å². The average molecular weight is 345 g/mol. The number of ether oxygens (including phenoxy) is 1. The molecule has 0 saturated heterocycles. The normalized spacial score (nSPS) is 11.6. The number of carboxylic acid groups (broad SMARTS) is 1. The van der Waals surface area contributed by atoms with E-state index in [-0.39, 0.29) is 17.7 Å². The Morgan fingerprint density at radius 2 is 1.88 bits per heavy atom. The highest BCUT2D eigenvalue weighted by atomic mass is 19.1. The van der Waals surface area contributed by atoms with Crippen LogP contribution in [0.4, 0.5) is 4.39 Å². The number of carboxylic acids is 1. The summed E-state index contributed by atoms with van der Waals surface area (Å²) in [6.07, 6.45) is 0.835. The maximum atomic E-state index is 13.8. The van der Waals surface area contributed by atoms with E-state index in [0.29, 0.717) is 0 Å². The molecule has 0 aliphatic heterocycles. The molecule has 2 N–H and O–H groups in total. The first kappa shape index (κ1) is 18.4. The van der Waals surface area contributed by atoms with Gasteiger partial charge in [-0.3, -0.25) is 4.79 Å². The highest BCUT2D eigenvalue weighted by Gasteiger charge is 2.23. The Bertz CT molecular complexity index is 776. The molecule has 0 aliphatic carbocycles. The zero-order valence-corrected chi connectivity index (χ0v) is 14.1. The van der Waals surface area contributed by atoms with E-state index >= 15 is 0 Å². The van der Waals surface area contributed by atoms with Crippen molar-refractivity contribution in [3.8, 4) is 5.75 Å². The highest BCUT2D eigenvalue weighted by molar-refractivity contribution is 5.86. The predicted octanol–water partition coefficient (Wildman–Crippen LogP) is 2.88. The van der Waals surface area contributed by atoms with Crippen molar-refractivity contribution in [2.45, 2.75) is 25.8 Å². The number of halogens is 1. The largest absolute Gasteiger partial charge is 0.494 e. The molecule has 0 bridgehead atoms. The molecule has 1 amide bonds. The number of carbonyl (C=O) groups excluding carboxylic acids is 1. The number of benzene rings is 2. The Morgan fingerprint density at radius 1 is 1.20 bits per heavy atom. The van der Waals surface area contributed by atoms with Crippen molar-refractivity contribution in [2.24, 2.45) is 0 Å². The smallest absolute Gasteiger partial charge is 0.330 e. The van der Waals surface area contributed by atoms with Gasteiger partial charge in [-0.25, -0.2) is 9.18 Å². The molecule has 2 aromatic carbocycles. The van der Waals surface area contributed by atoms with Crippen LogP contribution in [0.25, 0.3) is 0 Å². The molecule has 2 rings (SSSR count). The summed E-state index contributed by atoms with van der Waals surface area (Å²) in [5.41, 5.74) is 2.01. The molecule has 0 spiro atoms. The van der Waals surface area contributed by atoms with Crippen LogP contribution in [0.3, 0.4) is 0 Å². The molecule has 0 radical (unpaired) electrons. The molecule has 25 heavy (non-hydrogen) atoms. The summed E-state index contributed by atoms with van der Waals surface area (Å²) in [7, 11) is 1.32. The van der Waals surface area contributed by atoms with E-state index in [0.717, 1.165) is 23.6 Å². The Labute approximate surface area is 145 Å². The quantitative estimate of drug-likeness (QED) is 0.809. The Morgan fingerprint density at radius 3 is 2.44 bits per heavy atom. The maximum Gasteiger partial charge on any atom is 0.330 e. The lowest BCUT2D eigenvalue weighted by atomic mass is 10.0. The van der Waals surface area contributed by atoms with Crippen LogP contribution >= 0.6 is 0 Å². The van der Waals surface area contributed by atoms with Crippen LogP contribution in [0.2, 0.25) is 0 Å². The molecule has 2 aromatic rings. The SMILES string of the molecule is CCc1ccccc1CC(=O)NC(C(=O)O)c1ccc(OC)c(F)c1. The molecule has 0 heterocycles. The topological polar surface area (TPSA) is 75.6 Å². The fourth-order valence-corrected chi connectivity index (χ4v) is 2.61. The lowest BCUT2D eigenvalue weighted by Gasteiger charge is -2.16. The second-order valence-electron chi connectivity index (χ2n) is 5.53. The van der Waals surface area contributed by atoms with Crippen LogP contribution in [-0.2, 0) is 22.4 Å². The zero-order chi connectivity index (χ0) is 18.4. The van der Waals surface area contributed by atoms with Crippen molar-refractivity contribution < 1.29 is 23.8 Å². The maximum absolute atomic E-state index is 13.8. The third-order valence-corrected chi connectivity index (χ3v) is 3.91. The molecule has 0 aromatic heterocycles. The van der Waals surface area contributed by atoms with E-state index in [4.69, 9.17) is 4.74 Å². The second-order valence-corrected chi connectivity index (χ2v) is 5.53. The van der Waals surface area contributed by atoms with Crippen LogP contribution in [-0.4, -0.2) is 24.1 Å². The first-order valence-electron chi connectivity index (χ1n) is 7.88. The second kappa shape index (κ2) is 8.28. The van der Waals surface area contributed by atoms with Gasteiger partial charge < -0.3 is 15.2 Å². The number of hydrogen-bond acceptors (Lipinski definition) is 3. The monoisotopic (exact) mass is 345 g/mol. The minimum Gasteiger partial charge on any atom is -0.494 e. The molecular formula is C19H20FNO4. The summed E-state index contributed by atoms with van der Waals surface area (Å²) in [5.74, 6) is -2.38. The molecule has 5 nitrogen and oxygen atoms in total. The molecule has 0 fully saturated rings. The minimum atomic E-state index is -1.33. The van der Waals surface area contributed by atoms with Gasteiger partial charge in [0.05, 0.1) is 13.5 Å². The average Bonchev–Trinajstić information content (AvgIpc) is 2.59. The Kier molecular flexibility index (Phi) is 6.11. The molecule has 6 heteroatoms. The fraction of sp³-hybridized carbons (Fsp3) is 0.263. The van der Waals surface area contributed by atoms with Gasteiger partial charge in [-0.05, 0) is 35.2 Å². The van der Waals surface area contributed by atoms with E-state index in [1.807, 2.05) is 31.2 Å². The first-order valence-corrected chi connectivity index (χ1v) is 7.88. The summed E-state index contributed by atoms with van der Waals surface area (Å²) in [6, 6.07) is 9.95. The van der Waals surface area contributed by atoms with E-state index in [1.54, 1.807) is 0 Å². The van der Waals surface area contributed by atoms with Crippen LogP contribution in [0.15, 0.2) is 42.5 Å². The molecule has 0 aliphatic rings. The molecular weight excluding hydrogens is 325 g/mol. The summed E-state index contributed by atoms with van der Waals surface area (Å²) in [4.78, 5) is 23.8. The number of aryl methyl sites for hydroxylation is 1. The van der Waals surface area contributed by atoms with E-state index in [1.165, 1.54) is 19.2 Å². The van der Waals surface area contributed by atoms with Crippen LogP contribution in [0.5, 0.6) is 5.75 Å². The van der Waals surface area contributed by atoms with Gasteiger partial charge in [-0.15, -0.1) is 0 Å². The van der Waals surface area contributed by atoms with Gasteiger partial charge in [0.25, 0.3) is 0 Å². The van der Waals surface area contributed by atoms with Crippen LogP contribution in [0, 0.1) is 5.82 Å². The number of amides is 1. The van der Waals surface area contributed by atoms with Crippen molar-refractivity contribution >= 4 is 11.9 Å². The number of hydrogen-bond donors (Lipinski definition) is 2. The van der Waals surface area contributed by atoms with Gasteiger partial charge in [-0.1, -0.05) is 37.3 Å². The highest BCUT2D eigenvalue weighted by Crippen LogP contribution is 2.22. The molecule has 1 atom stereocenters. The number of aliphatic carboxylic acids is 1. The number of rotatable bonds is 7. The van der Waals surface area contributed by atoms with Crippen molar-refractivity contribution in [1.29, 1.82) is 0 Å². The summed E-state index contributed by atoms with van der Waals surface area (Å²) >= 11 is 0. The third-order valence-electron chi connectivity index (χ3n) is 3.91. The Balaban J connectivity index is 2.17. The van der Waals surface area contributed by atoms with Gasteiger partial charge in [0, 0.05) is 0 Å². The minimum absolute atomic E-state index is 0.0103. The molecule has 1 unspecified atom stereocenters. The van der Waals surface area contributed by atoms with Gasteiger partial charge in [0.15, 0.2) is 17.6 Å². The van der Waals surface area contributed by atoms with Crippen LogP contribution in [0.1, 0.15) is 29.7 Å². The predicted molar refractivity (Wildman–Crippen MR) is 91.0 cm³/mol. The first-order chi connectivity index (χ1) is 12.0. The van der Waals surface area contributed by atoms with E-state index < -0.39 is 23.7 Å². The van der Waals surface area contributed by atoms with Gasteiger partial charge >= 0.3 is 5.97 Å². The molecule has 0 saturated carbocycles. The number of methoxy groups -OCH3 is 1. The third kappa shape index (κ3) is 4.56. The zero-order valence-electron chi connectivity index (χ0n) is 14.1. The van der Waals surface area contributed by atoms with Crippen molar-refractivity contribution in [3.63, 3.8) is 0 Å². The number of carbonyl (C=O) groups is 2. The summed E-state index contributed by atoms with van der Waals surface area (Å²) < 4.78 is 18.6. The number of nitrogens with one attached hydrogen (secondary N) is 1. The standard InChI is InChI=1S/C19H20FNO4/c1-3-12-6-4-5-7-13(12)11-17(22)21-18(19(23)24)14-8-9-16(25-2)15(20)10-14/h4-10,18H,3,11H2,1-2H3,(H,21,22)(H,23,24). The summed E-state index contributed by atoms with van der Waals surface area (Å²) in [5, 5.41) is 11.8. The van der Waals surface area contributed by atoms with Gasteiger partial charge in [-0.2, -0.15) is 0 Å². The van der Waals surface area contributed by atoms with E-state index in [9.17, 15) is 19.1 Å². The molecule has 132 valence electrons. The van der Waals surface area contributed by atoms with Crippen molar-refractivity contribution in [1.82, 2.24) is 5.32 Å². The fourth-order valence-electron chi connectivity index (χ4n) is 2.61.